The highest BCUT2D eigenvalue weighted by molar-refractivity contribution is 7.10. The molecule has 0 radical (unpaired) electrons. The third-order valence-electron chi connectivity index (χ3n) is 5.64. The number of aromatic nitrogens is 6. The highest BCUT2D eigenvalue weighted by Crippen LogP contribution is 2.34. The number of nitrogens with zero attached hydrogens (tertiary/aromatic N) is 6. The summed E-state index contributed by atoms with van der Waals surface area (Å²) < 4.78 is 45.0. The zero-order valence-corrected chi connectivity index (χ0v) is 19.3. The molecule has 8 nitrogen and oxygen atoms in total. The molecular formula is C20H22ClF3N8S. The first-order chi connectivity index (χ1) is 15.4. The van der Waals surface area contributed by atoms with Crippen molar-refractivity contribution in [3.63, 3.8) is 0 Å². The van der Waals surface area contributed by atoms with E-state index in [4.69, 9.17) is 0 Å². The Morgan fingerprint density at radius 1 is 1.24 bits per heavy atom. The molecule has 33 heavy (non-hydrogen) atoms. The molecule has 0 saturated carbocycles. The highest BCUT2D eigenvalue weighted by atomic mass is 35.5. The number of fused-ring (bicyclic) bond motifs is 1. The summed E-state index contributed by atoms with van der Waals surface area (Å²) in [5.74, 6) is -0.580. The summed E-state index contributed by atoms with van der Waals surface area (Å²) in [7, 11) is 0. The van der Waals surface area contributed by atoms with E-state index >= 15 is 0 Å². The number of halogens is 4. The Bertz CT molecular complexity index is 1210. The van der Waals surface area contributed by atoms with Crippen LogP contribution in [-0.4, -0.2) is 53.1 Å². The molecule has 4 aromatic heterocycles. The maximum atomic E-state index is 12.9. The topological polar surface area (TPSA) is 87.0 Å². The largest absolute Gasteiger partial charge is 0.391 e. The van der Waals surface area contributed by atoms with Crippen LogP contribution in [0.25, 0.3) is 16.9 Å². The van der Waals surface area contributed by atoms with Crippen molar-refractivity contribution in [3.05, 3.63) is 42.2 Å². The predicted molar refractivity (Wildman–Crippen MR) is 122 cm³/mol. The molecule has 0 amide bonds. The quantitative estimate of drug-likeness (QED) is 0.410. The van der Waals surface area contributed by atoms with Gasteiger partial charge in [0.2, 0.25) is 0 Å². The number of alkyl halides is 3. The van der Waals surface area contributed by atoms with Crippen LogP contribution in [0.5, 0.6) is 0 Å². The molecule has 1 fully saturated rings. The Morgan fingerprint density at radius 2 is 2.03 bits per heavy atom. The van der Waals surface area contributed by atoms with Gasteiger partial charge in [0.05, 0.1) is 35.4 Å². The van der Waals surface area contributed by atoms with Gasteiger partial charge in [-0.3, -0.25) is 14.4 Å². The third kappa shape index (κ3) is 4.97. The molecule has 5 heterocycles. The van der Waals surface area contributed by atoms with Gasteiger partial charge < -0.3 is 5.32 Å². The van der Waals surface area contributed by atoms with E-state index in [0.29, 0.717) is 31.1 Å². The summed E-state index contributed by atoms with van der Waals surface area (Å²) in [5, 5.41) is 10.9. The van der Waals surface area contributed by atoms with Crippen LogP contribution in [-0.2, 0) is 6.54 Å². The molecule has 0 bridgehead atoms. The minimum absolute atomic E-state index is 0. The summed E-state index contributed by atoms with van der Waals surface area (Å²) in [5.41, 5.74) is 4.14. The molecule has 13 heteroatoms. The number of nitrogens with one attached hydrogen (secondary N) is 2. The Hall–Kier alpha value is -2.70. The molecule has 176 valence electrons. The van der Waals surface area contributed by atoms with E-state index in [9.17, 15) is 13.2 Å². The lowest BCUT2D eigenvalue weighted by Crippen LogP contribution is -2.38. The smallest absolute Gasteiger partial charge is 0.328 e. The number of anilines is 2. The Morgan fingerprint density at radius 3 is 2.73 bits per heavy atom. The van der Waals surface area contributed by atoms with Gasteiger partial charge >= 0.3 is 6.18 Å². The number of aromatic amines is 1. The highest BCUT2D eigenvalue weighted by Gasteiger charge is 2.41. The van der Waals surface area contributed by atoms with Crippen LogP contribution in [0.2, 0.25) is 0 Å². The number of piperidine rings is 1. The van der Waals surface area contributed by atoms with Gasteiger partial charge in [-0.1, -0.05) is 0 Å². The monoisotopic (exact) mass is 498 g/mol. The molecule has 5 rings (SSSR count). The number of hydrogen-bond donors (Lipinski definition) is 2. The first-order valence-electron chi connectivity index (χ1n) is 10.2. The van der Waals surface area contributed by atoms with Crippen LogP contribution in [0.3, 0.4) is 0 Å². The standard InChI is InChI=1S/C20H21F3N8S.ClH/c1-12-10-31-16(13-7-25-26-8-13)9-24-19(31)18(27-12)28-17-6-15(29-32-17)11-30-4-2-14(3-5-30)20(21,22)23;/h6-10,14H,2-5,11H2,1H3,(H,25,26)(H,27,28);1H. The van der Waals surface area contributed by atoms with Crippen molar-refractivity contribution in [1.82, 2.24) is 33.8 Å². The molecule has 0 aliphatic carbocycles. The lowest BCUT2D eigenvalue weighted by atomic mass is 9.96. The second-order valence-corrected chi connectivity index (χ2v) is 8.76. The average Bonchev–Trinajstić information content (AvgIpc) is 3.48. The molecule has 1 aliphatic rings. The van der Waals surface area contributed by atoms with Crippen LogP contribution < -0.4 is 5.32 Å². The average molecular weight is 499 g/mol. The van der Waals surface area contributed by atoms with E-state index in [0.717, 1.165) is 27.6 Å². The number of hydrogen-bond acceptors (Lipinski definition) is 7. The normalized spacial score (nSPS) is 15.6. The van der Waals surface area contributed by atoms with E-state index in [2.05, 4.69) is 29.9 Å². The van der Waals surface area contributed by atoms with Gasteiger partial charge in [0, 0.05) is 24.5 Å². The van der Waals surface area contributed by atoms with Crippen molar-refractivity contribution in [3.8, 4) is 11.3 Å². The van der Waals surface area contributed by atoms with Crippen molar-refractivity contribution in [2.24, 2.45) is 5.92 Å². The molecule has 1 saturated heterocycles. The van der Waals surface area contributed by atoms with Crippen molar-refractivity contribution in [2.75, 3.05) is 18.4 Å². The van der Waals surface area contributed by atoms with Gasteiger partial charge in [-0.05, 0) is 50.5 Å². The fourth-order valence-corrected chi connectivity index (χ4v) is 4.66. The number of H-pyrrole nitrogens is 1. The number of imidazole rings is 1. The third-order valence-corrected chi connectivity index (χ3v) is 6.39. The van der Waals surface area contributed by atoms with Gasteiger partial charge in [-0.2, -0.15) is 22.6 Å². The zero-order valence-electron chi connectivity index (χ0n) is 17.6. The van der Waals surface area contributed by atoms with Crippen LogP contribution in [0.4, 0.5) is 24.0 Å². The van der Waals surface area contributed by atoms with Crippen molar-refractivity contribution in [2.45, 2.75) is 32.5 Å². The van der Waals surface area contributed by atoms with Crippen LogP contribution in [0, 0.1) is 12.8 Å². The second-order valence-electron chi connectivity index (χ2n) is 7.95. The molecule has 2 N–H and O–H groups in total. The maximum absolute atomic E-state index is 12.9. The maximum Gasteiger partial charge on any atom is 0.391 e. The first kappa shape index (κ1) is 23.5. The number of aryl methyl sites for hydroxylation is 1. The minimum atomic E-state index is -4.10. The summed E-state index contributed by atoms with van der Waals surface area (Å²) in [6.07, 6.45) is 3.41. The van der Waals surface area contributed by atoms with Crippen LogP contribution >= 0.6 is 23.9 Å². The molecule has 0 spiro atoms. The Balaban J connectivity index is 0.00000259. The van der Waals surface area contributed by atoms with Gasteiger partial charge in [0.25, 0.3) is 0 Å². The summed E-state index contributed by atoms with van der Waals surface area (Å²) >= 11 is 1.30. The van der Waals surface area contributed by atoms with Crippen molar-refractivity contribution < 1.29 is 13.2 Å². The molecule has 0 unspecified atom stereocenters. The molecule has 0 aromatic carbocycles. The second kappa shape index (κ2) is 9.27. The SMILES string of the molecule is Cc1cn2c(-c3cn[nH]c3)cnc2c(Nc2cc(CN3CCC(C(F)(F)F)CC3)ns2)n1.Cl. The van der Waals surface area contributed by atoms with E-state index in [1.54, 1.807) is 18.6 Å². The summed E-state index contributed by atoms with van der Waals surface area (Å²) in [4.78, 5) is 11.1. The lowest BCUT2D eigenvalue weighted by molar-refractivity contribution is -0.185. The number of likely N-dealkylation sites (tertiary alicyclic amines) is 1. The van der Waals surface area contributed by atoms with Gasteiger partial charge in [-0.15, -0.1) is 12.4 Å². The zero-order chi connectivity index (χ0) is 22.3. The summed E-state index contributed by atoms with van der Waals surface area (Å²) in [6, 6.07) is 1.92. The van der Waals surface area contributed by atoms with Crippen LogP contribution in [0.15, 0.2) is 30.9 Å². The first-order valence-corrected chi connectivity index (χ1v) is 11.0. The van der Waals surface area contributed by atoms with Crippen molar-refractivity contribution >= 4 is 40.4 Å². The Kier molecular flexibility index (Phi) is 6.59. The van der Waals surface area contributed by atoms with E-state index in [1.165, 1.54) is 11.5 Å². The molecule has 0 atom stereocenters. The summed E-state index contributed by atoms with van der Waals surface area (Å²) in [6.45, 7) is 3.30. The predicted octanol–water partition coefficient (Wildman–Crippen LogP) is 4.82. The number of rotatable bonds is 5. The molecular weight excluding hydrogens is 477 g/mol. The van der Waals surface area contributed by atoms with E-state index in [1.807, 2.05) is 28.5 Å². The van der Waals surface area contributed by atoms with Gasteiger partial charge in [0.1, 0.15) is 5.00 Å². The Labute approximate surface area is 197 Å². The van der Waals surface area contributed by atoms with Gasteiger partial charge in [0.15, 0.2) is 11.5 Å². The van der Waals surface area contributed by atoms with Crippen molar-refractivity contribution in [1.29, 1.82) is 0 Å². The molecule has 4 aromatic rings. The fourth-order valence-electron chi connectivity index (χ4n) is 4.01. The fraction of sp³-hybridized carbons (Fsp3) is 0.400. The van der Waals surface area contributed by atoms with Gasteiger partial charge in [-0.25, -0.2) is 9.97 Å². The lowest BCUT2D eigenvalue weighted by Gasteiger charge is -2.32. The van der Waals surface area contributed by atoms with E-state index < -0.39 is 12.1 Å². The molecule has 1 aliphatic heterocycles. The van der Waals surface area contributed by atoms with E-state index in [-0.39, 0.29) is 25.2 Å². The van der Waals surface area contributed by atoms with Crippen LogP contribution in [0.1, 0.15) is 24.2 Å². The minimum Gasteiger partial charge on any atom is -0.328 e.